The molecule has 1 aliphatic carbocycles. The van der Waals surface area contributed by atoms with Gasteiger partial charge in [0, 0.05) is 11.6 Å². The molecule has 1 aromatic carbocycles. The number of halogens is 1. The molecule has 1 fully saturated rings. The largest absolute Gasteiger partial charge is 0.496 e. The summed E-state index contributed by atoms with van der Waals surface area (Å²) in [5.41, 5.74) is 0.718. The van der Waals surface area contributed by atoms with Crippen molar-refractivity contribution in [3.05, 3.63) is 29.6 Å². The fourth-order valence-corrected chi connectivity index (χ4v) is 3.27. The second-order valence-corrected chi connectivity index (χ2v) is 5.69. The third kappa shape index (κ3) is 3.51. The number of hydrogen-bond donors (Lipinski definition) is 1. The number of nitrogens with one attached hydrogen (secondary N) is 1. The Morgan fingerprint density at radius 3 is 2.70 bits per heavy atom. The van der Waals surface area contributed by atoms with Crippen LogP contribution in [0.5, 0.6) is 5.75 Å². The highest BCUT2D eigenvalue weighted by Crippen LogP contribution is 2.39. The molecule has 0 bridgehead atoms. The topological polar surface area (TPSA) is 21.3 Å². The van der Waals surface area contributed by atoms with Gasteiger partial charge in [0.15, 0.2) is 0 Å². The predicted molar refractivity (Wildman–Crippen MR) is 80.6 cm³/mol. The Morgan fingerprint density at radius 2 is 2.05 bits per heavy atom. The van der Waals surface area contributed by atoms with Crippen molar-refractivity contribution in [1.82, 2.24) is 5.32 Å². The fourth-order valence-electron chi connectivity index (χ4n) is 3.27. The molecule has 112 valence electrons. The summed E-state index contributed by atoms with van der Waals surface area (Å²) in [6, 6.07) is 5.20. The van der Waals surface area contributed by atoms with Crippen LogP contribution in [0.15, 0.2) is 18.2 Å². The molecule has 0 heterocycles. The first-order valence-electron chi connectivity index (χ1n) is 7.83. The summed E-state index contributed by atoms with van der Waals surface area (Å²) in [5, 5.41) is 3.55. The number of ether oxygens (including phenoxy) is 1. The Kier molecular flexibility index (Phi) is 5.84. The molecule has 0 amide bonds. The van der Waals surface area contributed by atoms with Crippen LogP contribution in [0.3, 0.4) is 0 Å². The Balaban J connectivity index is 2.29. The molecule has 0 aromatic heterocycles. The minimum Gasteiger partial charge on any atom is -0.496 e. The summed E-state index contributed by atoms with van der Waals surface area (Å²) in [7, 11) is 1.62. The number of hydrogen-bond acceptors (Lipinski definition) is 2. The highest BCUT2D eigenvalue weighted by atomic mass is 19.1. The molecule has 0 radical (unpaired) electrons. The zero-order valence-electron chi connectivity index (χ0n) is 12.6. The van der Waals surface area contributed by atoms with Crippen molar-refractivity contribution >= 4 is 0 Å². The average Bonchev–Trinajstić information content (AvgIpc) is 2.50. The van der Waals surface area contributed by atoms with Crippen LogP contribution in [0.25, 0.3) is 0 Å². The Hall–Kier alpha value is -1.09. The zero-order valence-corrected chi connectivity index (χ0v) is 12.6. The second-order valence-electron chi connectivity index (χ2n) is 5.69. The summed E-state index contributed by atoms with van der Waals surface area (Å²) in [5.74, 6) is 1.04. The van der Waals surface area contributed by atoms with Crippen molar-refractivity contribution in [2.24, 2.45) is 5.92 Å². The van der Waals surface area contributed by atoms with Crippen LogP contribution in [0.2, 0.25) is 0 Å². The van der Waals surface area contributed by atoms with Gasteiger partial charge in [0.25, 0.3) is 0 Å². The molecule has 1 atom stereocenters. The van der Waals surface area contributed by atoms with Crippen molar-refractivity contribution in [3.63, 3.8) is 0 Å². The van der Waals surface area contributed by atoms with Crippen LogP contribution < -0.4 is 10.1 Å². The van der Waals surface area contributed by atoms with Gasteiger partial charge < -0.3 is 10.1 Å². The van der Waals surface area contributed by atoms with E-state index < -0.39 is 0 Å². The van der Waals surface area contributed by atoms with Gasteiger partial charge in [-0.1, -0.05) is 32.3 Å². The van der Waals surface area contributed by atoms with Crippen molar-refractivity contribution in [2.45, 2.75) is 51.5 Å². The molecule has 2 rings (SSSR count). The molecular formula is C17H26FNO. The Morgan fingerprint density at radius 1 is 1.30 bits per heavy atom. The van der Waals surface area contributed by atoms with E-state index in [-0.39, 0.29) is 11.9 Å². The van der Waals surface area contributed by atoms with Crippen molar-refractivity contribution in [2.75, 3.05) is 13.7 Å². The summed E-state index contributed by atoms with van der Waals surface area (Å²) in [6.45, 7) is 3.06. The van der Waals surface area contributed by atoms with Gasteiger partial charge in [-0.2, -0.15) is 0 Å². The van der Waals surface area contributed by atoms with Crippen LogP contribution in [-0.4, -0.2) is 13.7 Å². The molecule has 2 nitrogen and oxygen atoms in total. The number of rotatable bonds is 6. The van der Waals surface area contributed by atoms with E-state index in [1.165, 1.54) is 32.1 Å². The monoisotopic (exact) mass is 279 g/mol. The van der Waals surface area contributed by atoms with Gasteiger partial charge in [-0.3, -0.25) is 0 Å². The minimum atomic E-state index is -0.150. The van der Waals surface area contributed by atoms with Crippen molar-refractivity contribution in [1.29, 1.82) is 0 Å². The predicted octanol–water partition coefficient (Wildman–Crippen LogP) is 4.46. The highest BCUT2D eigenvalue weighted by Gasteiger charge is 2.29. The lowest BCUT2D eigenvalue weighted by molar-refractivity contribution is 0.260. The molecule has 1 aromatic rings. The van der Waals surface area contributed by atoms with Gasteiger partial charge in [-0.25, -0.2) is 4.39 Å². The molecule has 3 heteroatoms. The van der Waals surface area contributed by atoms with E-state index in [1.54, 1.807) is 19.2 Å². The molecule has 0 spiro atoms. The van der Waals surface area contributed by atoms with E-state index in [2.05, 4.69) is 12.2 Å². The number of benzene rings is 1. The molecular weight excluding hydrogens is 253 g/mol. The van der Waals surface area contributed by atoms with Gasteiger partial charge in [0.05, 0.1) is 7.11 Å². The lowest BCUT2D eigenvalue weighted by Crippen LogP contribution is -2.31. The maximum absolute atomic E-state index is 14.3. The Labute approximate surface area is 121 Å². The summed E-state index contributed by atoms with van der Waals surface area (Å²) >= 11 is 0. The normalized spacial score (nSPS) is 17.9. The van der Waals surface area contributed by atoms with Crippen molar-refractivity contribution < 1.29 is 9.13 Å². The van der Waals surface area contributed by atoms with Crippen LogP contribution in [0.4, 0.5) is 4.39 Å². The third-order valence-corrected chi connectivity index (χ3v) is 4.28. The van der Waals surface area contributed by atoms with E-state index in [0.717, 1.165) is 18.5 Å². The Bertz CT molecular complexity index is 415. The van der Waals surface area contributed by atoms with E-state index in [9.17, 15) is 4.39 Å². The van der Waals surface area contributed by atoms with Gasteiger partial charge in [0.2, 0.25) is 0 Å². The first kappa shape index (κ1) is 15.3. The van der Waals surface area contributed by atoms with Gasteiger partial charge in [0.1, 0.15) is 11.6 Å². The summed E-state index contributed by atoms with van der Waals surface area (Å²) in [6.07, 6.45) is 7.24. The van der Waals surface area contributed by atoms with E-state index in [0.29, 0.717) is 11.7 Å². The lowest BCUT2D eigenvalue weighted by Gasteiger charge is -2.32. The molecule has 1 saturated carbocycles. The quantitative estimate of drug-likeness (QED) is 0.830. The van der Waals surface area contributed by atoms with Crippen LogP contribution in [-0.2, 0) is 0 Å². The molecule has 1 aliphatic rings. The summed E-state index contributed by atoms with van der Waals surface area (Å²) in [4.78, 5) is 0. The number of methoxy groups -OCH3 is 1. The summed E-state index contributed by atoms with van der Waals surface area (Å²) < 4.78 is 19.7. The SMILES string of the molecule is CCCNC(c1c(F)cccc1OC)C1CCCCC1. The third-order valence-electron chi connectivity index (χ3n) is 4.28. The maximum atomic E-state index is 14.3. The smallest absolute Gasteiger partial charge is 0.131 e. The molecule has 20 heavy (non-hydrogen) atoms. The standard InChI is InChI=1S/C17H26FNO/c1-3-12-19-17(13-8-5-4-6-9-13)16-14(18)10-7-11-15(16)20-2/h7,10-11,13,17,19H,3-6,8-9,12H2,1-2H3. The van der Waals surface area contributed by atoms with Crippen LogP contribution in [0.1, 0.15) is 57.1 Å². The van der Waals surface area contributed by atoms with E-state index >= 15 is 0 Å². The van der Waals surface area contributed by atoms with Gasteiger partial charge in [-0.05, 0) is 43.9 Å². The first-order valence-corrected chi connectivity index (χ1v) is 7.83. The van der Waals surface area contributed by atoms with E-state index in [4.69, 9.17) is 4.74 Å². The van der Waals surface area contributed by atoms with Crippen LogP contribution >= 0.6 is 0 Å². The zero-order chi connectivity index (χ0) is 14.4. The molecule has 1 unspecified atom stereocenters. The maximum Gasteiger partial charge on any atom is 0.131 e. The molecule has 0 aliphatic heterocycles. The second kappa shape index (κ2) is 7.63. The average molecular weight is 279 g/mol. The van der Waals surface area contributed by atoms with Crippen LogP contribution in [0, 0.1) is 11.7 Å². The minimum absolute atomic E-state index is 0.0754. The molecule has 1 N–H and O–H groups in total. The van der Waals surface area contributed by atoms with Gasteiger partial charge >= 0.3 is 0 Å². The lowest BCUT2D eigenvalue weighted by atomic mass is 9.80. The fraction of sp³-hybridized carbons (Fsp3) is 0.647. The van der Waals surface area contributed by atoms with Gasteiger partial charge in [-0.15, -0.1) is 0 Å². The van der Waals surface area contributed by atoms with E-state index in [1.807, 2.05) is 6.07 Å². The van der Waals surface area contributed by atoms with Crippen molar-refractivity contribution in [3.8, 4) is 5.75 Å². The molecule has 0 saturated heterocycles. The first-order chi connectivity index (χ1) is 9.77. The highest BCUT2D eigenvalue weighted by molar-refractivity contribution is 5.37.